The number of benzene rings is 1. The van der Waals surface area contributed by atoms with Gasteiger partial charge >= 0.3 is 0 Å². The van der Waals surface area contributed by atoms with Crippen LogP contribution < -0.4 is 0 Å². The van der Waals surface area contributed by atoms with Crippen LogP contribution >= 0.6 is 0 Å². The molecular weight excluding hydrogens is 286 g/mol. The van der Waals surface area contributed by atoms with Gasteiger partial charge in [0.05, 0.1) is 11.5 Å². The van der Waals surface area contributed by atoms with Crippen LogP contribution in [0, 0.1) is 6.92 Å². The van der Waals surface area contributed by atoms with Gasteiger partial charge in [0.1, 0.15) is 0 Å². The van der Waals surface area contributed by atoms with E-state index >= 15 is 0 Å². The first-order valence-corrected chi connectivity index (χ1v) is 9.33. The lowest BCUT2D eigenvalue weighted by molar-refractivity contribution is 0.130. The van der Waals surface area contributed by atoms with Gasteiger partial charge in [-0.3, -0.25) is 0 Å². The normalized spacial score (nSPS) is 18.0. The molecule has 0 saturated carbocycles. The molecule has 21 heavy (non-hydrogen) atoms. The molecule has 0 aliphatic carbocycles. The first kappa shape index (κ1) is 16.5. The van der Waals surface area contributed by atoms with Crippen LogP contribution in [0.15, 0.2) is 23.1 Å². The van der Waals surface area contributed by atoms with Crippen molar-refractivity contribution in [1.29, 1.82) is 0 Å². The van der Waals surface area contributed by atoms with Crippen LogP contribution in [0.3, 0.4) is 0 Å². The monoisotopic (exact) mass is 311 g/mol. The molecule has 5 heteroatoms. The second-order valence-corrected chi connectivity index (χ2v) is 7.84. The first-order chi connectivity index (χ1) is 9.93. The summed E-state index contributed by atoms with van der Waals surface area (Å²) in [5.74, 6) is 0.463. The Balaban J connectivity index is 2.11. The van der Waals surface area contributed by atoms with Crippen molar-refractivity contribution in [3.05, 3.63) is 29.3 Å². The predicted octanol–water partition coefficient (Wildman–Crippen LogP) is 2.22. The molecule has 1 fully saturated rings. The topological polar surface area (TPSA) is 46.6 Å². The zero-order valence-corrected chi connectivity index (χ0v) is 13.9. The minimum absolute atomic E-state index is 0.463. The van der Waals surface area contributed by atoms with Crippen LogP contribution in [0.2, 0.25) is 0 Å². The molecule has 0 aromatic heterocycles. The maximum Gasteiger partial charge on any atom is 0.175 e. The average Bonchev–Trinajstić information content (AvgIpc) is 2.45. The Morgan fingerprint density at radius 3 is 2.52 bits per heavy atom. The van der Waals surface area contributed by atoms with E-state index in [1.54, 1.807) is 13.2 Å². The molecule has 1 aliphatic heterocycles. The smallest absolute Gasteiger partial charge is 0.175 e. The zero-order valence-electron chi connectivity index (χ0n) is 13.1. The van der Waals surface area contributed by atoms with Gasteiger partial charge in [0.25, 0.3) is 0 Å². The van der Waals surface area contributed by atoms with Crippen molar-refractivity contribution < 1.29 is 13.2 Å². The van der Waals surface area contributed by atoms with Gasteiger partial charge in [-0.15, -0.1) is 0 Å². The Labute approximate surface area is 128 Å². The SMILES string of the molecule is COCCN1CCC(c2cccc(S(C)(=O)=O)c2C)CC1. The van der Waals surface area contributed by atoms with Crippen molar-refractivity contribution in [3.63, 3.8) is 0 Å². The van der Waals surface area contributed by atoms with Gasteiger partial charge in [0.2, 0.25) is 0 Å². The zero-order chi connectivity index (χ0) is 15.5. The van der Waals surface area contributed by atoms with Crippen molar-refractivity contribution in [2.24, 2.45) is 0 Å². The number of sulfone groups is 1. The molecule has 0 spiro atoms. The van der Waals surface area contributed by atoms with Crippen LogP contribution in [0.4, 0.5) is 0 Å². The largest absolute Gasteiger partial charge is 0.383 e. The van der Waals surface area contributed by atoms with E-state index in [4.69, 9.17) is 4.74 Å². The van der Waals surface area contributed by atoms with E-state index in [-0.39, 0.29) is 0 Å². The number of hydrogen-bond acceptors (Lipinski definition) is 4. The second-order valence-electron chi connectivity index (χ2n) is 5.85. The maximum atomic E-state index is 11.8. The number of hydrogen-bond donors (Lipinski definition) is 0. The van der Waals surface area contributed by atoms with Crippen LogP contribution in [-0.4, -0.2) is 52.9 Å². The molecular formula is C16H25NO3S. The summed E-state index contributed by atoms with van der Waals surface area (Å²) in [6.45, 7) is 5.79. The van der Waals surface area contributed by atoms with Crippen LogP contribution in [0.5, 0.6) is 0 Å². The summed E-state index contributed by atoms with van der Waals surface area (Å²) < 4.78 is 28.8. The number of methoxy groups -OCH3 is 1. The number of rotatable bonds is 5. The standard InChI is InChI=1S/C16H25NO3S/c1-13-15(5-4-6-16(13)21(3,18)19)14-7-9-17(10-8-14)11-12-20-2/h4-6,14H,7-12H2,1-3H3. The van der Waals surface area contributed by atoms with Gasteiger partial charge in [-0.25, -0.2) is 8.42 Å². The summed E-state index contributed by atoms with van der Waals surface area (Å²) in [6.07, 6.45) is 3.45. The van der Waals surface area contributed by atoms with Gasteiger partial charge in [-0.05, 0) is 56.0 Å². The highest BCUT2D eigenvalue weighted by Crippen LogP contribution is 2.32. The van der Waals surface area contributed by atoms with E-state index in [2.05, 4.69) is 11.0 Å². The van der Waals surface area contributed by atoms with E-state index in [1.165, 1.54) is 11.8 Å². The molecule has 1 aliphatic rings. The Kier molecular flexibility index (Phi) is 5.41. The summed E-state index contributed by atoms with van der Waals surface area (Å²) in [4.78, 5) is 2.89. The van der Waals surface area contributed by atoms with E-state index in [0.717, 1.165) is 44.6 Å². The Hall–Kier alpha value is -0.910. The molecule has 2 rings (SSSR count). The molecule has 1 saturated heterocycles. The third-order valence-electron chi connectivity index (χ3n) is 4.36. The van der Waals surface area contributed by atoms with Gasteiger partial charge in [0, 0.05) is 19.9 Å². The molecule has 0 atom stereocenters. The fourth-order valence-corrected chi connectivity index (χ4v) is 4.16. The van der Waals surface area contributed by atoms with Gasteiger partial charge < -0.3 is 9.64 Å². The summed E-state index contributed by atoms with van der Waals surface area (Å²) in [5, 5.41) is 0. The highest BCUT2D eigenvalue weighted by Gasteiger charge is 2.23. The van der Waals surface area contributed by atoms with Gasteiger partial charge in [-0.2, -0.15) is 0 Å². The van der Waals surface area contributed by atoms with E-state index in [1.807, 2.05) is 13.0 Å². The molecule has 118 valence electrons. The number of piperidine rings is 1. The van der Waals surface area contributed by atoms with Crippen molar-refractivity contribution in [2.75, 3.05) is 39.6 Å². The molecule has 0 radical (unpaired) electrons. The predicted molar refractivity (Wildman–Crippen MR) is 84.6 cm³/mol. The molecule has 1 heterocycles. The summed E-state index contributed by atoms with van der Waals surface area (Å²) in [5.41, 5.74) is 2.12. The Morgan fingerprint density at radius 2 is 1.95 bits per heavy atom. The lowest BCUT2D eigenvalue weighted by Gasteiger charge is -2.32. The fraction of sp³-hybridized carbons (Fsp3) is 0.625. The highest BCUT2D eigenvalue weighted by atomic mass is 32.2. The highest BCUT2D eigenvalue weighted by molar-refractivity contribution is 7.90. The summed E-state index contributed by atoms with van der Waals surface area (Å²) in [6, 6.07) is 5.66. The molecule has 4 nitrogen and oxygen atoms in total. The van der Waals surface area contributed by atoms with E-state index < -0.39 is 9.84 Å². The van der Waals surface area contributed by atoms with Crippen molar-refractivity contribution in [2.45, 2.75) is 30.6 Å². The van der Waals surface area contributed by atoms with Crippen molar-refractivity contribution >= 4 is 9.84 Å². The molecule has 0 amide bonds. The second kappa shape index (κ2) is 6.90. The Morgan fingerprint density at radius 1 is 1.29 bits per heavy atom. The number of nitrogens with zero attached hydrogens (tertiary/aromatic N) is 1. The number of likely N-dealkylation sites (tertiary alicyclic amines) is 1. The molecule has 1 aromatic carbocycles. The molecule has 0 unspecified atom stereocenters. The Bertz CT molecular complexity index is 575. The average molecular weight is 311 g/mol. The molecule has 0 bridgehead atoms. The van der Waals surface area contributed by atoms with Crippen LogP contribution in [-0.2, 0) is 14.6 Å². The maximum absolute atomic E-state index is 11.8. The number of ether oxygens (including phenoxy) is 1. The van der Waals surface area contributed by atoms with E-state index in [9.17, 15) is 8.42 Å². The van der Waals surface area contributed by atoms with Gasteiger partial charge in [-0.1, -0.05) is 12.1 Å². The quantitative estimate of drug-likeness (QED) is 0.836. The lowest BCUT2D eigenvalue weighted by atomic mass is 9.87. The fourth-order valence-electron chi connectivity index (χ4n) is 3.16. The van der Waals surface area contributed by atoms with Crippen molar-refractivity contribution in [1.82, 2.24) is 4.90 Å². The van der Waals surface area contributed by atoms with E-state index in [0.29, 0.717) is 10.8 Å². The third kappa shape index (κ3) is 4.05. The van der Waals surface area contributed by atoms with Crippen LogP contribution in [0.1, 0.15) is 29.9 Å². The summed E-state index contributed by atoms with van der Waals surface area (Å²) >= 11 is 0. The minimum atomic E-state index is -3.14. The third-order valence-corrected chi connectivity index (χ3v) is 5.61. The molecule has 1 aromatic rings. The van der Waals surface area contributed by atoms with Crippen molar-refractivity contribution in [3.8, 4) is 0 Å². The van der Waals surface area contributed by atoms with Crippen LogP contribution in [0.25, 0.3) is 0 Å². The first-order valence-electron chi connectivity index (χ1n) is 7.44. The molecule has 0 N–H and O–H groups in total. The van der Waals surface area contributed by atoms with Gasteiger partial charge in [0.15, 0.2) is 9.84 Å². The minimum Gasteiger partial charge on any atom is -0.383 e. The summed E-state index contributed by atoms with van der Waals surface area (Å²) in [7, 11) is -1.42. The lowest BCUT2D eigenvalue weighted by Crippen LogP contribution is -2.35.